The normalized spacial score (nSPS) is 23.4. The highest BCUT2D eigenvalue weighted by Crippen LogP contribution is 2.42. The summed E-state index contributed by atoms with van der Waals surface area (Å²) in [5.41, 5.74) is 2.68. The molecule has 0 bridgehead atoms. The van der Waals surface area contributed by atoms with E-state index in [1.165, 1.54) is 27.6 Å². The van der Waals surface area contributed by atoms with Gasteiger partial charge in [-0.2, -0.15) is 5.26 Å². The first-order chi connectivity index (χ1) is 27.3. The monoisotopic (exact) mass is 792 g/mol. The zero-order valence-electron chi connectivity index (χ0n) is 32.1. The van der Waals surface area contributed by atoms with Crippen LogP contribution in [0.3, 0.4) is 0 Å². The van der Waals surface area contributed by atoms with Crippen molar-refractivity contribution in [3.05, 3.63) is 86.5 Å². The number of aliphatic hydroxyl groups is 1. The van der Waals surface area contributed by atoms with Crippen molar-refractivity contribution in [2.24, 2.45) is 13.0 Å². The summed E-state index contributed by atoms with van der Waals surface area (Å²) in [6, 6.07) is 11.9. The van der Waals surface area contributed by atoms with Crippen molar-refractivity contribution in [1.29, 1.82) is 5.26 Å². The summed E-state index contributed by atoms with van der Waals surface area (Å²) in [5, 5.41) is 26.6. The van der Waals surface area contributed by atoms with E-state index >= 15 is 4.39 Å². The maximum absolute atomic E-state index is 16.2. The smallest absolute Gasteiger partial charge is 0.329 e. The van der Waals surface area contributed by atoms with Crippen LogP contribution in [0.4, 0.5) is 10.1 Å². The number of nitrogens with zero attached hydrogens (tertiary/aromatic N) is 6. The number of likely N-dealkylation sites (tertiary alicyclic amines) is 1. The molecule has 3 atom stereocenters. The average molecular weight is 793 g/mol. The first kappa shape index (κ1) is 38.6. The Labute approximate surface area is 332 Å². The van der Waals surface area contributed by atoms with Crippen molar-refractivity contribution >= 4 is 56.0 Å². The molecule has 2 aliphatic heterocycles. The minimum atomic E-state index is -1.26. The Morgan fingerprint density at radius 2 is 1.89 bits per heavy atom. The number of nitrogens with one attached hydrogen (secondary N) is 2. The number of imide groups is 1. The van der Waals surface area contributed by atoms with E-state index in [4.69, 9.17) is 4.98 Å². The molecule has 0 spiro atoms. The molecule has 3 fully saturated rings. The molecule has 3 amide bonds. The summed E-state index contributed by atoms with van der Waals surface area (Å²) in [5.74, 6) is -0.943. The molecule has 5 aromatic rings. The number of aromatic nitrogens is 4. The second-order valence-electron chi connectivity index (χ2n) is 16.3. The van der Waals surface area contributed by atoms with E-state index in [2.05, 4.69) is 20.5 Å². The van der Waals surface area contributed by atoms with Gasteiger partial charge in [0.1, 0.15) is 18.3 Å². The lowest BCUT2D eigenvalue weighted by Crippen LogP contribution is -2.44. The number of fused-ring (bicyclic) bond motifs is 2. The van der Waals surface area contributed by atoms with Gasteiger partial charge in [0.2, 0.25) is 11.8 Å². The molecule has 296 valence electrons. The number of benzene rings is 2. The second kappa shape index (κ2) is 15.2. The molecule has 1 saturated carbocycles. The van der Waals surface area contributed by atoms with E-state index in [9.17, 15) is 29.5 Å². The summed E-state index contributed by atoms with van der Waals surface area (Å²) in [6.07, 6.45) is 6.60. The topological polar surface area (TPSA) is 175 Å². The van der Waals surface area contributed by atoms with E-state index in [0.717, 1.165) is 59.6 Å². The Kier molecular flexibility index (Phi) is 10.3. The maximum Gasteiger partial charge on any atom is 0.329 e. The number of piperidine rings is 2. The molecule has 1 aliphatic carbocycles. The molecule has 2 aromatic carbocycles. The van der Waals surface area contributed by atoms with Gasteiger partial charge in [0.05, 0.1) is 43.0 Å². The van der Waals surface area contributed by atoms with Crippen LogP contribution in [0, 0.1) is 17.2 Å². The van der Waals surface area contributed by atoms with Gasteiger partial charge in [0, 0.05) is 62.0 Å². The summed E-state index contributed by atoms with van der Waals surface area (Å²) < 4.78 is 20.0. The number of amides is 3. The highest BCUT2D eigenvalue weighted by molar-refractivity contribution is 7.18. The van der Waals surface area contributed by atoms with E-state index in [1.807, 2.05) is 30.3 Å². The van der Waals surface area contributed by atoms with Crippen LogP contribution in [0.5, 0.6) is 0 Å². The van der Waals surface area contributed by atoms with Crippen LogP contribution in [-0.2, 0) is 22.2 Å². The number of halogens is 1. The van der Waals surface area contributed by atoms with Crippen LogP contribution in [-0.4, -0.2) is 72.6 Å². The quantitative estimate of drug-likeness (QED) is 0.165. The van der Waals surface area contributed by atoms with Crippen LogP contribution < -0.4 is 16.3 Å². The molecule has 15 heteroatoms. The predicted octanol–water partition coefficient (Wildman–Crippen LogP) is 5.78. The first-order valence-corrected chi connectivity index (χ1v) is 20.3. The molecule has 5 heterocycles. The number of thiazole rings is 1. The van der Waals surface area contributed by atoms with Gasteiger partial charge < -0.3 is 15.3 Å². The van der Waals surface area contributed by atoms with Crippen molar-refractivity contribution in [2.45, 2.75) is 88.4 Å². The molecule has 1 unspecified atom stereocenters. The van der Waals surface area contributed by atoms with E-state index < -0.39 is 29.6 Å². The second-order valence-corrected chi connectivity index (χ2v) is 17.3. The number of carbonyl (C=O) groups excluding carboxylic acids is 3. The van der Waals surface area contributed by atoms with Gasteiger partial charge >= 0.3 is 5.69 Å². The number of alkyl halides is 1. The number of imidazole rings is 1. The lowest BCUT2D eigenvalue weighted by Gasteiger charge is -2.38. The summed E-state index contributed by atoms with van der Waals surface area (Å²) in [7, 11) is 1.66. The van der Waals surface area contributed by atoms with E-state index in [1.54, 1.807) is 38.3 Å². The van der Waals surface area contributed by atoms with Crippen LogP contribution in [0.15, 0.2) is 53.6 Å². The molecule has 3 aliphatic rings. The molecular formula is C42H45FN8O5S. The van der Waals surface area contributed by atoms with Crippen LogP contribution >= 0.6 is 11.3 Å². The summed E-state index contributed by atoms with van der Waals surface area (Å²) in [4.78, 5) is 62.3. The van der Waals surface area contributed by atoms with Crippen LogP contribution in [0.2, 0.25) is 0 Å². The van der Waals surface area contributed by atoms with Crippen molar-refractivity contribution in [3.63, 3.8) is 0 Å². The molecular weight excluding hydrogens is 748 g/mol. The summed E-state index contributed by atoms with van der Waals surface area (Å²) in [6.45, 7) is 5.19. The van der Waals surface area contributed by atoms with Gasteiger partial charge in [-0.05, 0) is 94.7 Å². The molecule has 13 nitrogen and oxygen atoms in total. The third kappa shape index (κ3) is 7.49. The minimum Gasteiger partial charge on any atom is -0.386 e. The first-order valence-electron chi connectivity index (χ1n) is 19.5. The van der Waals surface area contributed by atoms with Crippen LogP contribution in [0.25, 0.3) is 21.3 Å². The third-order valence-corrected chi connectivity index (χ3v) is 13.2. The molecule has 3 N–H and O–H groups in total. The Bertz CT molecular complexity index is 2510. The number of para-hydroxylation sites is 1. The Morgan fingerprint density at radius 3 is 2.61 bits per heavy atom. The number of carbonyl (C=O) groups is 3. The lowest BCUT2D eigenvalue weighted by molar-refractivity contribution is -0.135. The van der Waals surface area contributed by atoms with Crippen molar-refractivity contribution in [1.82, 2.24) is 29.3 Å². The lowest BCUT2D eigenvalue weighted by atomic mass is 9.81. The SMILES string of the molecule is Cn1c(=O)n(C2CCC(=O)NC2=O)c2cccc([C@@H]3CCN(CC4CCC(c5nc6cc(C(C)(C)O)c(NC(=O)c7cncc(C#N)c7)cc6s5)CC4)C[C@H]3F)c21. The van der Waals surface area contributed by atoms with Gasteiger partial charge in [-0.3, -0.25) is 33.8 Å². The maximum atomic E-state index is 16.2. The van der Waals surface area contributed by atoms with Gasteiger partial charge in [-0.25, -0.2) is 14.2 Å². The number of pyridine rings is 1. The van der Waals surface area contributed by atoms with Crippen molar-refractivity contribution in [2.75, 3.05) is 25.0 Å². The summed E-state index contributed by atoms with van der Waals surface area (Å²) >= 11 is 1.60. The number of hydrogen-bond donors (Lipinski definition) is 3. The number of nitriles is 1. The van der Waals surface area contributed by atoms with Gasteiger partial charge in [0.15, 0.2) is 0 Å². The van der Waals surface area contributed by atoms with Gasteiger partial charge in [-0.1, -0.05) is 12.1 Å². The average Bonchev–Trinajstić information content (AvgIpc) is 3.72. The fourth-order valence-electron chi connectivity index (χ4n) is 9.03. The molecule has 3 aromatic heterocycles. The predicted molar refractivity (Wildman–Crippen MR) is 214 cm³/mol. The molecule has 0 radical (unpaired) electrons. The Hall–Kier alpha value is -5.30. The highest BCUT2D eigenvalue weighted by atomic mass is 32.1. The van der Waals surface area contributed by atoms with Crippen molar-refractivity contribution < 1.29 is 23.9 Å². The van der Waals surface area contributed by atoms with Crippen molar-refractivity contribution in [3.8, 4) is 6.07 Å². The number of rotatable bonds is 8. The van der Waals surface area contributed by atoms with E-state index in [0.29, 0.717) is 41.2 Å². The zero-order valence-corrected chi connectivity index (χ0v) is 32.9. The molecule has 57 heavy (non-hydrogen) atoms. The van der Waals surface area contributed by atoms with Crippen LogP contribution in [0.1, 0.15) is 109 Å². The van der Waals surface area contributed by atoms with Gasteiger partial charge in [-0.15, -0.1) is 11.3 Å². The highest BCUT2D eigenvalue weighted by Gasteiger charge is 2.36. The number of aryl methyl sites for hydroxylation is 1. The van der Waals surface area contributed by atoms with E-state index in [-0.39, 0.29) is 47.4 Å². The fourth-order valence-corrected chi connectivity index (χ4v) is 10.2. The minimum absolute atomic E-state index is 0.156. The van der Waals surface area contributed by atoms with Gasteiger partial charge in [0.25, 0.3) is 5.91 Å². The largest absolute Gasteiger partial charge is 0.386 e. The Balaban J connectivity index is 0.913. The fraction of sp³-hybridized carbons (Fsp3) is 0.452. The number of hydrogen-bond acceptors (Lipinski definition) is 10. The standard InChI is InChI=1S/C42H45FN8O5S/c1-42(2,56)29-16-32-35(17-31(29)46-38(53)26-15-24(18-44)19-45-20-26)57-40(47-32)25-9-7-23(8-10-25)21-50-14-13-27(30(43)22-50)28-5-4-6-33-37(28)49(3)41(55)51(33)34-11-12-36(52)48-39(34)54/h4-6,15-17,19-20,23,25,27,30,34,56H,7-14,21-22H2,1-3H3,(H,46,53)(H,48,52,54)/t23?,25?,27-,30+,34?/m0/s1. The zero-order chi connectivity index (χ0) is 40.2. The molecule has 2 saturated heterocycles. The Morgan fingerprint density at radius 1 is 1.11 bits per heavy atom. The third-order valence-electron chi connectivity index (χ3n) is 12.0. The molecule has 8 rings (SSSR count). The number of anilines is 1.